The van der Waals surface area contributed by atoms with E-state index in [-0.39, 0.29) is 26.7 Å². The fourth-order valence-corrected chi connectivity index (χ4v) is 6.07. The summed E-state index contributed by atoms with van der Waals surface area (Å²) in [5, 5.41) is 2.89. The van der Waals surface area contributed by atoms with Crippen molar-refractivity contribution in [2.24, 2.45) is 0 Å². The number of nitrogens with zero attached hydrogens (tertiary/aromatic N) is 1. The maximum absolute atomic E-state index is 13.1. The average Bonchev–Trinajstić information content (AvgIpc) is 2.88. The highest BCUT2D eigenvalue weighted by Gasteiger charge is 2.27. The van der Waals surface area contributed by atoms with Gasteiger partial charge in [-0.15, -0.1) is 0 Å². The van der Waals surface area contributed by atoms with Crippen LogP contribution >= 0.6 is 11.6 Å². The van der Waals surface area contributed by atoms with Gasteiger partial charge in [0.25, 0.3) is 5.91 Å². The first-order valence-corrected chi connectivity index (χ1v) is 14.1. The van der Waals surface area contributed by atoms with E-state index in [0.717, 1.165) is 24.8 Å². The number of nitrogens with one attached hydrogen (secondary N) is 1. The maximum Gasteiger partial charge on any atom is 0.257 e. The molecular weight excluding hydrogens is 508 g/mol. The molecule has 6 nitrogen and oxygen atoms in total. The molecule has 1 N–H and O–H groups in total. The Balaban J connectivity index is 1.54. The molecule has 37 heavy (non-hydrogen) atoms. The Morgan fingerprint density at radius 1 is 0.865 bits per heavy atom. The molecule has 194 valence electrons. The zero-order valence-electron chi connectivity index (χ0n) is 21.3. The van der Waals surface area contributed by atoms with Gasteiger partial charge in [0.05, 0.1) is 15.5 Å². The van der Waals surface area contributed by atoms with Crippen molar-refractivity contribution in [1.82, 2.24) is 4.31 Å². The van der Waals surface area contributed by atoms with Gasteiger partial charge in [-0.25, -0.2) is 8.42 Å². The van der Waals surface area contributed by atoms with Crippen molar-refractivity contribution in [3.8, 4) is 0 Å². The number of ketones is 1. The third kappa shape index (κ3) is 6.12. The van der Waals surface area contributed by atoms with E-state index in [1.54, 1.807) is 24.3 Å². The Morgan fingerprint density at radius 2 is 1.54 bits per heavy atom. The van der Waals surface area contributed by atoms with Gasteiger partial charge in [-0.2, -0.15) is 4.31 Å². The van der Waals surface area contributed by atoms with Gasteiger partial charge in [0.2, 0.25) is 10.0 Å². The normalized spacial score (nSPS) is 14.8. The summed E-state index contributed by atoms with van der Waals surface area (Å²) in [5.74, 6) is -0.718. The first-order valence-electron chi connectivity index (χ1n) is 12.3. The number of piperidine rings is 1. The standard InChI is InChI=1S/C29H31ClN2O4S/c1-29(2,3)22-12-10-20(11-13-22)27(33)21-8-7-9-23(18-21)31-28(34)25-19-24(14-15-26(25)30)37(35,36)32-16-5-4-6-17-32/h7-15,18-19H,4-6,16-17H2,1-3H3,(H,31,34). The summed E-state index contributed by atoms with van der Waals surface area (Å²) in [4.78, 5) is 26.2. The minimum absolute atomic E-state index is 0.0164. The first-order chi connectivity index (χ1) is 17.5. The summed E-state index contributed by atoms with van der Waals surface area (Å²) >= 11 is 6.28. The quantitative estimate of drug-likeness (QED) is 0.373. The third-order valence-corrected chi connectivity index (χ3v) is 8.76. The van der Waals surface area contributed by atoms with Crippen LogP contribution in [0.5, 0.6) is 0 Å². The van der Waals surface area contributed by atoms with Crippen LogP contribution in [0.1, 0.15) is 71.9 Å². The number of hydrogen-bond donors (Lipinski definition) is 1. The lowest BCUT2D eigenvalue weighted by atomic mass is 9.86. The Labute approximate surface area is 223 Å². The molecule has 1 saturated heterocycles. The molecule has 3 aromatic carbocycles. The number of rotatable bonds is 6. The van der Waals surface area contributed by atoms with Crippen LogP contribution in [0.15, 0.2) is 71.6 Å². The highest BCUT2D eigenvalue weighted by atomic mass is 35.5. The fourth-order valence-electron chi connectivity index (χ4n) is 4.32. The number of anilines is 1. The molecule has 1 aliphatic rings. The molecule has 1 fully saturated rings. The second kappa shape index (κ2) is 10.8. The van der Waals surface area contributed by atoms with Crippen molar-refractivity contribution in [3.05, 3.63) is 94.0 Å². The van der Waals surface area contributed by atoms with Gasteiger partial charge in [-0.05, 0) is 54.2 Å². The molecule has 0 unspecified atom stereocenters. The van der Waals surface area contributed by atoms with Gasteiger partial charge in [0.15, 0.2) is 5.78 Å². The highest BCUT2D eigenvalue weighted by Crippen LogP contribution is 2.27. The van der Waals surface area contributed by atoms with Gasteiger partial charge in [0, 0.05) is 29.9 Å². The van der Waals surface area contributed by atoms with Crippen LogP contribution in [0.4, 0.5) is 5.69 Å². The molecule has 1 aliphatic heterocycles. The van der Waals surface area contributed by atoms with E-state index >= 15 is 0 Å². The van der Waals surface area contributed by atoms with Gasteiger partial charge in [0.1, 0.15) is 0 Å². The zero-order valence-corrected chi connectivity index (χ0v) is 22.8. The lowest BCUT2D eigenvalue weighted by Crippen LogP contribution is -2.35. The Bertz CT molecular complexity index is 1420. The number of carbonyl (C=O) groups is 2. The van der Waals surface area contributed by atoms with E-state index in [1.807, 2.05) is 24.3 Å². The average molecular weight is 539 g/mol. The fraction of sp³-hybridized carbons (Fsp3) is 0.310. The van der Waals surface area contributed by atoms with E-state index in [9.17, 15) is 18.0 Å². The van der Waals surface area contributed by atoms with Gasteiger partial charge in [-0.1, -0.05) is 75.2 Å². The molecule has 0 radical (unpaired) electrons. The lowest BCUT2D eigenvalue weighted by Gasteiger charge is -2.26. The summed E-state index contributed by atoms with van der Waals surface area (Å²) in [6.07, 6.45) is 2.63. The number of sulfonamides is 1. The van der Waals surface area contributed by atoms with Crippen LogP contribution in [0, 0.1) is 0 Å². The number of halogens is 1. The van der Waals surface area contributed by atoms with Crippen LogP contribution in [-0.4, -0.2) is 37.5 Å². The Morgan fingerprint density at radius 3 is 2.19 bits per heavy atom. The van der Waals surface area contributed by atoms with E-state index in [2.05, 4.69) is 26.1 Å². The minimum Gasteiger partial charge on any atom is -0.322 e. The van der Waals surface area contributed by atoms with Crippen LogP contribution < -0.4 is 5.32 Å². The topological polar surface area (TPSA) is 83.5 Å². The number of benzene rings is 3. The molecular formula is C29H31ClN2O4S. The van der Waals surface area contributed by atoms with Crippen LogP contribution in [0.3, 0.4) is 0 Å². The van der Waals surface area contributed by atoms with Gasteiger partial charge >= 0.3 is 0 Å². The number of amides is 1. The highest BCUT2D eigenvalue weighted by molar-refractivity contribution is 7.89. The SMILES string of the molecule is CC(C)(C)c1ccc(C(=O)c2cccc(NC(=O)c3cc(S(=O)(=O)N4CCCCC4)ccc3Cl)c2)cc1. The first kappa shape index (κ1) is 27.0. The summed E-state index contributed by atoms with van der Waals surface area (Å²) < 4.78 is 27.6. The monoisotopic (exact) mass is 538 g/mol. The van der Waals surface area contributed by atoms with Gasteiger partial charge < -0.3 is 5.32 Å². The molecule has 0 atom stereocenters. The Kier molecular flexibility index (Phi) is 7.88. The predicted molar refractivity (Wildman–Crippen MR) is 147 cm³/mol. The second-order valence-corrected chi connectivity index (χ2v) is 12.6. The van der Waals surface area contributed by atoms with Crippen molar-refractivity contribution in [3.63, 3.8) is 0 Å². The van der Waals surface area contributed by atoms with Gasteiger partial charge in [-0.3, -0.25) is 9.59 Å². The van der Waals surface area contributed by atoms with Crippen molar-refractivity contribution in [1.29, 1.82) is 0 Å². The molecule has 4 rings (SSSR count). The van der Waals surface area contributed by atoms with E-state index in [1.165, 1.54) is 22.5 Å². The molecule has 1 amide bonds. The predicted octanol–water partition coefficient (Wildman–Crippen LogP) is 6.30. The Hall–Kier alpha value is -3.00. The summed E-state index contributed by atoms with van der Waals surface area (Å²) in [6.45, 7) is 7.27. The summed E-state index contributed by atoms with van der Waals surface area (Å²) in [7, 11) is -3.72. The molecule has 8 heteroatoms. The third-order valence-electron chi connectivity index (χ3n) is 6.53. The minimum atomic E-state index is -3.72. The second-order valence-electron chi connectivity index (χ2n) is 10.3. The molecule has 0 saturated carbocycles. The van der Waals surface area contributed by atoms with Crippen molar-refractivity contribution >= 4 is 39.0 Å². The van der Waals surface area contributed by atoms with Crippen LogP contribution in [-0.2, 0) is 15.4 Å². The molecule has 0 aliphatic carbocycles. The van der Waals surface area contributed by atoms with Crippen LogP contribution in [0.2, 0.25) is 5.02 Å². The molecule has 1 heterocycles. The summed E-state index contributed by atoms with van der Waals surface area (Å²) in [5.41, 5.74) is 2.55. The van der Waals surface area contributed by atoms with E-state index in [0.29, 0.717) is 29.9 Å². The number of hydrogen-bond acceptors (Lipinski definition) is 4. The summed E-state index contributed by atoms with van der Waals surface area (Å²) in [6, 6.07) is 18.3. The molecule has 3 aromatic rings. The van der Waals surface area contributed by atoms with Crippen LogP contribution in [0.25, 0.3) is 0 Å². The van der Waals surface area contributed by atoms with E-state index in [4.69, 9.17) is 11.6 Å². The van der Waals surface area contributed by atoms with Crippen molar-refractivity contribution in [2.75, 3.05) is 18.4 Å². The lowest BCUT2D eigenvalue weighted by molar-refractivity contribution is 0.102. The smallest absolute Gasteiger partial charge is 0.257 e. The number of carbonyl (C=O) groups excluding carboxylic acids is 2. The maximum atomic E-state index is 13.1. The zero-order chi connectivity index (χ0) is 26.8. The molecule has 0 spiro atoms. The molecule has 0 bridgehead atoms. The van der Waals surface area contributed by atoms with Crippen molar-refractivity contribution < 1.29 is 18.0 Å². The molecule has 0 aromatic heterocycles. The largest absolute Gasteiger partial charge is 0.322 e. The van der Waals surface area contributed by atoms with E-state index < -0.39 is 15.9 Å². The van der Waals surface area contributed by atoms with Crippen molar-refractivity contribution in [2.45, 2.75) is 50.3 Å².